The standard InChI is InChI=1S/C16H24Cl2N2/c1-4-19-15(12-7-8-13(17)14(18)11-12)16(20(2)3)9-5-6-10-16/h7-8,11,15,19H,4-6,9-10H2,1-3H3. The number of nitrogens with one attached hydrogen (secondary N) is 1. The summed E-state index contributed by atoms with van der Waals surface area (Å²) in [7, 11) is 4.38. The third kappa shape index (κ3) is 2.99. The Bertz CT molecular complexity index is 454. The predicted molar refractivity (Wildman–Crippen MR) is 87.8 cm³/mol. The molecule has 1 unspecified atom stereocenters. The summed E-state index contributed by atoms with van der Waals surface area (Å²) < 4.78 is 0. The van der Waals surface area contributed by atoms with E-state index in [1.165, 1.54) is 31.2 Å². The van der Waals surface area contributed by atoms with E-state index in [0.717, 1.165) is 6.54 Å². The van der Waals surface area contributed by atoms with E-state index < -0.39 is 0 Å². The van der Waals surface area contributed by atoms with Crippen molar-refractivity contribution >= 4 is 23.2 Å². The van der Waals surface area contributed by atoms with Gasteiger partial charge in [-0.2, -0.15) is 0 Å². The van der Waals surface area contributed by atoms with Gasteiger partial charge in [0.1, 0.15) is 0 Å². The monoisotopic (exact) mass is 314 g/mol. The van der Waals surface area contributed by atoms with E-state index in [0.29, 0.717) is 16.1 Å². The minimum absolute atomic E-state index is 0.174. The van der Waals surface area contributed by atoms with Crippen LogP contribution in [0.25, 0.3) is 0 Å². The summed E-state index contributed by atoms with van der Waals surface area (Å²) in [5, 5.41) is 4.93. The number of hydrogen-bond acceptors (Lipinski definition) is 2. The summed E-state index contributed by atoms with van der Waals surface area (Å²) in [6, 6.07) is 6.31. The van der Waals surface area contributed by atoms with Crippen LogP contribution in [0.1, 0.15) is 44.2 Å². The second-order valence-electron chi connectivity index (χ2n) is 5.87. The lowest BCUT2D eigenvalue weighted by molar-refractivity contribution is 0.105. The summed E-state index contributed by atoms with van der Waals surface area (Å²) in [6.07, 6.45) is 5.03. The van der Waals surface area contributed by atoms with Crippen molar-refractivity contribution in [1.29, 1.82) is 0 Å². The first-order valence-electron chi connectivity index (χ1n) is 7.37. The van der Waals surface area contributed by atoms with Crippen LogP contribution in [0, 0.1) is 0 Å². The Hall–Kier alpha value is -0.280. The van der Waals surface area contributed by atoms with Crippen LogP contribution < -0.4 is 5.32 Å². The molecule has 0 amide bonds. The molecule has 1 atom stereocenters. The van der Waals surface area contributed by atoms with Gasteiger partial charge in [0, 0.05) is 5.54 Å². The summed E-state index contributed by atoms with van der Waals surface area (Å²) in [5.74, 6) is 0. The number of nitrogens with zero attached hydrogens (tertiary/aromatic N) is 1. The minimum atomic E-state index is 0.174. The minimum Gasteiger partial charge on any atom is -0.309 e. The number of hydrogen-bond donors (Lipinski definition) is 1. The first-order valence-corrected chi connectivity index (χ1v) is 8.12. The molecule has 1 N–H and O–H groups in total. The zero-order chi connectivity index (χ0) is 14.8. The second kappa shape index (κ2) is 6.65. The average Bonchev–Trinajstić information content (AvgIpc) is 2.90. The lowest BCUT2D eigenvalue weighted by Gasteiger charge is -2.44. The van der Waals surface area contributed by atoms with Crippen LogP contribution in [-0.2, 0) is 0 Å². The third-order valence-corrected chi connectivity index (χ3v) is 5.32. The molecule has 1 fully saturated rings. The number of likely N-dealkylation sites (N-methyl/N-ethyl adjacent to an activating group) is 2. The van der Waals surface area contributed by atoms with Crippen LogP contribution in [0.3, 0.4) is 0 Å². The van der Waals surface area contributed by atoms with Crippen LogP contribution >= 0.6 is 23.2 Å². The van der Waals surface area contributed by atoms with Gasteiger partial charge in [-0.3, -0.25) is 0 Å². The van der Waals surface area contributed by atoms with Gasteiger partial charge in [-0.15, -0.1) is 0 Å². The normalized spacial score (nSPS) is 19.5. The van der Waals surface area contributed by atoms with Gasteiger partial charge in [0.25, 0.3) is 0 Å². The molecule has 4 heteroatoms. The summed E-state index contributed by atoms with van der Waals surface area (Å²) in [6.45, 7) is 3.10. The van der Waals surface area contributed by atoms with Crippen LogP contribution in [0.2, 0.25) is 10.0 Å². The van der Waals surface area contributed by atoms with Gasteiger partial charge in [-0.1, -0.05) is 49.0 Å². The Kier molecular flexibility index (Phi) is 5.36. The molecule has 1 aromatic carbocycles. The van der Waals surface area contributed by atoms with Crippen LogP contribution in [0.15, 0.2) is 18.2 Å². The quantitative estimate of drug-likeness (QED) is 0.859. The van der Waals surface area contributed by atoms with E-state index in [-0.39, 0.29) is 5.54 Å². The van der Waals surface area contributed by atoms with Crippen molar-refractivity contribution in [1.82, 2.24) is 10.2 Å². The van der Waals surface area contributed by atoms with E-state index in [2.05, 4.69) is 37.3 Å². The number of rotatable bonds is 5. The third-order valence-electron chi connectivity index (χ3n) is 4.58. The molecule has 0 radical (unpaired) electrons. The maximum Gasteiger partial charge on any atom is 0.0595 e. The fourth-order valence-electron chi connectivity index (χ4n) is 3.50. The van der Waals surface area contributed by atoms with E-state index in [4.69, 9.17) is 23.2 Å². The maximum absolute atomic E-state index is 6.22. The molecule has 112 valence electrons. The summed E-state index contributed by atoms with van der Waals surface area (Å²) in [4.78, 5) is 2.38. The van der Waals surface area contributed by atoms with Crippen molar-refractivity contribution in [3.05, 3.63) is 33.8 Å². The van der Waals surface area contributed by atoms with E-state index in [9.17, 15) is 0 Å². The van der Waals surface area contributed by atoms with Crippen molar-refractivity contribution in [2.45, 2.75) is 44.2 Å². The molecule has 2 rings (SSSR count). The second-order valence-corrected chi connectivity index (χ2v) is 6.68. The smallest absolute Gasteiger partial charge is 0.0595 e. The highest BCUT2D eigenvalue weighted by atomic mass is 35.5. The predicted octanol–water partition coefficient (Wildman–Crippen LogP) is 4.52. The molecule has 1 aliphatic rings. The molecule has 0 saturated heterocycles. The molecule has 0 bridgehead atoms. The highest BCUT2D eigenvalue weighted by Crippen LogP contribution is 2.44. The van der Waals surface area contributed by atoms with Crippen molar-refractivity contribution < 1.29 is 0 Å². The maximum atomic E-state index is 6.22. The Labute approximate surface area is 132 Å². The van der Waals surface area contributed by atoms with Gasteiger partial charge >= 0.3 is 0 Å². The van der Waals surface area contributed by atoms with E-state index in [1.807, 2.05) is 12.1 Å². The van der Waals surface area contributed by atoms with Gasteiger partial charge in [0.2, 0.25) is 0 Å². The molecular formula is C16H24Cl2N2. The first-order chi connectivity index (χ1) is 9.51. The summed E-state index contributed by atoms with van der Waals surface area (Å²) >= 11 is 12.3. The van der Waals surface area contributed by atoms with Gasteiger partial charge in [0.05, 0.1) is 16.1 Å². The molecular weight excluding hydrogens is 291 g/mol. The first kappa shape index (κ1) is 16.1. The van der Waals surface area contributed by atoms with Gasteiger partial charge < -0.3 is 10.2 Å². The number of benzene rings is 1. The van der Waals surface area contributed by atoms with Crippen molar-refractivity contribution in [2.75, 3.05) is 20.6 Å². The fraction of sp³-hybridized carbons (Fsp3) is 0.625. The molecule has 0 aliphatic heterocycles. The Morgan fingerprint density at radius 3 is 2.35 bits per heavy atom. The fourth-order valence-corrected chi connectivity index (χ4v) is 3.80. The molecule has 0 aromatic heterocycles. The largest absolute Gasteiger partial charge is 0.309 e. The van der Waals surface area contributed by atoms with Gasteiger partial charge in [-0.25, -0.2) is 0 Å². The van der Waals surface area contributed by atoms with E-state index in [1.54, 1.807) is 0 Å². The van der Waals surface area contributed by atoms with Crippen LogP contribution in [0.5, 0.6) is 0 Å². The molecule has 0 heterocycles. The highest BCUT2D eigenvalue weighted by molar-refractivity contribution is 6.42. The van der Waals surface area contributed by atoms with E-state index >= 15 is 0 Å². The zero-order valence-electron chi connectivity index (χ0n) is 12.5. The van der Waals surface area contributed by atoms with Crippen LogP contribution in [0.4, 0.5) is 0 Å². The summed E-state index contributed by atoms with van der Waals surface area (Å²) in [5.41, 5.74) is 1.41. The molecule has 1 aliphatic carbocycles. The SMILES string of the molecule is CCNC(c1ccc(Cl)c(Cl)c1)C1(N(C)C)CCCC1. The van der Waals surface area contributed by atoms with Crippen LogP contribution in [-0.4, -0.2) is 31.1 Å². The van der Waals surface area contributed by atoms with Crippen molar-refractivity contribution in [3.63, 3.8) is 0 Å². The molecule has 1 aromatic rings. The van der Waals surface area contributed by atoms with Gasteiger partial charge in [-0.05, 0) is 51.2 Å². The number of halogens is 2. The Balaban J connectivity index is 2.41. The molecule has 20 heavy (non-hydrogen) atoms. The average molecular weight is 315 g/mol. The van der Waals surface area contributed by atoms with Gasteiger partial charge in [0.15, 0.2) is 0 Å². The zero-order valence-corrected chi connectivity index (χ0v) is 14.1. The van der Waals surface area contributed by atoms with Crippen molar-refractivity contribution in [3.8, 4) is 0 Å². The Morgan fingerprint density at radius 1 is 1.20 bits per heavy atom. The topological polar surface area (TPSA) is 15.3 Å². The lowest BCUT2D eigenvalue weighted by Crippen LogP contribution is -2.52. The lowest BCUT2D eigenvalue weighted by atomic mass is 9.82. The molecule has 0 spiro atoms. The highest BCUT2D eigenvalue weighted by Gasteiger charge is 2.43. The van der Waals surface area contributed by atoms with Crippen molar-refractivity contribution in [2.24, 2.45) is 0 Å². The molecule has 1 saturated carbocycles. The Morgan fingerprint density at radius 2 is 1.85 bits per heavy atom. The molecule has 2 nitrogen and oxygen atoms in total.